The molecule has 0 radical (unpaired) electrons. The quantitative estimate of drug-likeness (QED) is 0.432. The predicted octanol–water partition coefficient (Wildman–Crippen LogP) is 3.81. The third-order valence-electron chi connectivity index (χ3n) is 7.06. The van der Waals surface area contributed by atoms with E-state index in [0.29, 0.717) is 34.7 Å². The van der Waals surface area contributed by atoms with Gasteiger partial charge < -0.3 is 19.3 Å². The van der Waals surface area contributed by atoms with Gasteiger partial charge in [0, 0.05) is 18.8 Å². The molecule has 3 heterocycles. The summed E-state index contributed by atoms with van der Waals surface area (Å²) in [5.41, 5.74) is -1.26. The maximum absolute atomic E-state index is 13.9. The molecule has 9 nitrogen and oxygen atoms in total. The van der Waals surface area contributed by atoms with E-state index >= 15 is 0 Å². The summed E-state index contributed by atoms with van der Waals surface area (Å²) in [7, 11) is 1.58. The van der Waals surface area contributed by atoms with E-state index < -0.39 is 28.9 Å². The number of carbonyl (C=O) groups is 1. The van der Waals surface area contributed by atoms with E-state index in [-0.39, 0.29) is 25.5 Å². The van der Waals surface area contributed by atoms with E-state index in [2.05, 4.69) is 15.9 Å². The number of nitrogens with zero attached hydrogens (tertiary/aromatic N) is 2. The van der Waals surface area contributed by atoms with Crippen LogP contribution in [0.5, 0.6) is 5.75 Å². The molecule has 36 heavy (non-hydrogen) atoms. The predicted molar refractivity (Wildman–Crippen MR) is 138 cm³/mol. The average Bonchev–Trinajstić information content (AvgIpc) is 3.62. The van der Waals surface area contributed by atoms with Gasteiger partial charge in [-0.25, -0.2) is 14.2 Å². The van der Waals surface area contributed by atoms with Crippen LogP contribution >= 0.6 is 27.3 Å². The van der Waals surface area contributed by atoms with Crippen molar-refractivity contribution in [1.82, 2.24) is 9.13 Å². The van der Waals surface area contributed by atoms with Crippen molar-refractivity contribution in [3.63, 3.8) is 0 Å². The standard InChI is InChI=1S/C25H27BrN2O7S/c1-14-19-21(29)28(25(9-10-25)23(30)31)24(32)27(22(19)36-20(14)26)13-18(35-15-7-11-34-12-8-15)16-5-3-4-6-17(16)33-2/h3-6,15,18H,7-13H2,1-2H3,(H,30,31). The second-order valence-corrected chi connectivity index (χ2v) is 11.5. The number of carboxylic acids is 1. The van der Waals surface area contributed by atoms with Gasteiger partial charge in [0.1, 0.15) is 22.2 Å². The fourth-order valence-corrected chi connectivity index (χ4v) is 6.55. The lowest BCUT2D eigenvalue weighted by Crippen LogP contribution is -2.49. The number of benzene rings is 1. The second kappa shape index (κ2) is 9.77. The molecule has 1 N–H and O–H groups in total. The molecule has 2 fully saturated rings. The van der Waals surface area contributed by atoms with E-state index in [1.54, 1.807) is 14.0 Å². The van der Waals surface area contributed by atoms with Crippen molar-refractivity contribution in [2.24, 2.45) is 0 Å². The molecule has 0 spiro atoms. The Morgan fingerprint density at radius 1 is 1.28 bits per heavy atom. The lowest BCUT2D eigenvalue weighted by Gasteiger charge is -2.29. The fraction of sp³-hybridized carbons (Fsp3) is 0.480. The van der Waals surface area contributed by atoms with Crippen molar-refractivity contribution in [3.8, 4) is 5.75 Å². The molecule has 1 unspecified atom stereocenters. The molecular formula is C25H27BrN2O7S. The van der Waals surface area contributed by atoms with Gasteiger partial charge in [-0.05, 0) is 60.2 Å². The Morgan fingerprint density at radius 3 is 2.61 bits per heavy atom. The Labute approximate surface area is 219 Å². The number of carboxylic acid groups (broad SMARTS) is 1. The molecule has 0 bridgehead atoms. The van der Waals surface area contributed by atoms with E-state index in [4.69, 9.17) is 14.2 Å². The van der Waals surface area contributed by atoms with E-state index in [1.165, 1.54) is 15.9 Å². The Bertz CT molecular complexity index is 1430. The van der Waals surface area contributed by atoms with E-state index in [1.807, 2.05) is 24.3 Å². The summed E-state index contributed by atoms with van der Waals surface area (Å²) in [5, 5.41) is 10.3. The van der Waals surface area contributed by atoms with Gasteiger partial charge in [-0.2, -0.15) is 0 Å². The van der Waals surface area contributed by atoms with E-state index in [0.717, 1.165) is 26.8 Å². The van der Waals surface area contributed by atoms with Crippen molar-refractivity contribution < 1.29 is 24.1 Å². The molecule has 1 aromatic carbocycles. The van der Waals surface area contributed by atoms with Crippen LogP contribution in [0.4, 0.5) is 0 Å². The first-order valence-corrected chi connectivity index (χ1v) is 13.4. The molecule has 1 atom stereocenters. The number of hydrogen-bond acceptors (Lipinski definition) is 7. The maximum atomic E-state index is 13.9. The van der Waals surface area contributed by atoms with Gasteiger partial charge in [0.05, 0.1) is 28.9 Å². The number of aromatic nitrogens is 2. The van der Waals surface area contributed by atoms with Crippen molar-refractivity contribution in [1.29, 1.82) is 0 Å². The van der Waals surface area contributed by atoms with Crippen molar-refractivity contribution >= 4 is 43.5 Å². The number of hydrogen-bond donors (Lipinski definition) is 1. The molecule has 3 aromatic rings. The molecule has 192 valence electrons. The summed E-state index contributed by atoms with van der Waals surface area (Å²) in [5.74, 6) is -0.542. The number of halogens is 1. The third-order valence-corrected chi connectivity index (χ3v) is 9.25. The summed E-state index contributed by atoms with van der Waals surface area (Å²) in [6.45, 7) is 3.07. The first-order valence-electron chi connectivity index (χ1n) is 11.8. The monoisotopic (exact) mass is 578 g/mol. The van der Waals surface area contributed by atoms with Crippen molar-refractivity contribution in [3.05, 3.63) is 60.0 Å². The molecule has 1 aliphatic carbocycles. The number of methoxy groups -OCH3 is 1. The lowest BCUT2D eigenvalue weighted by molar-refractivity contribution is -0.142. The molecule has 2 aromatic heterocycles. The third kappa shape index (κ3) is 4.21. The van der Waals surface area contributed by atoms with Crippen LogP contribution in [0.1, 0.15) is 42.9 Å². The molecule has 1 saturated heterocycles. The van der Waals surface area contributed by atoms with Gasteiger partial charge in [-0.1, -0.05) is 18.2 Å². The number of thiophene rings is 1. The van der Waals surface area contributed by atoms with Crippen LogP contribution in [0, 0.1) is 6.92 Å². The minimum Gasteiger partial charge on any atom is -0.496 e. The van der Waals surface area contributed by atoms with Gasteiger partial charge in [0.25, 0.3) is 5.56 Å². The smallest absolute Gasteiger partial charge is 0.333 e. The highest BCUT2D eigenvalue weighted by atomic mass is 79.9. The number of para-hydroxylation sites is 1. The van der Waals surface area contributed by atoms with Crippen LogP contribution in [-0.4, -0.2) is 46.6 Å². The number of aryl methyl sites for hydroxylation is 1. The average molecular weight is 579 g/mol. The van der Waals surface area contributed by atoms with Crippen molar-refractivity contribution in [2.45, 2.75) is 56.9 Å². The summed E-state index contributed by atoms with van der Waals surface area (Å²) in [6.07, 6.45) is 1.28. The zero-order valence-electron chi connectivity index (χ0n) is 20.0. The summed E-state index contributed by atoms with van der Waals surface area (Å²) in [4.78, 5) is 40.0. The number of aliphatic carboxylic acids is 1. The van der Waals surface area contributed by atoms with Crippen molar-refractivity contribution in [2.75, 3.05) is 20.3 Å². The molecule has 2 aliphatic rings. The van der Waals surface area contributed by atoms with Gasteiger partial charge in [0.2, 0.25) is 0 Å². The highest BCUT2D eigenvalue weighted by Crippen LogP contribution is 2.43. The number of ether oxygens (including phenoxy) is 3. The largest absolute Gasteiger partial charge is 0.496 e. The van der Waals surface area contributed by atoms with Gasteiger partial charge in [0.15, 0.2) is 0 Å². The minimum absolute atomic E-state index is 0.0728. The fourth-order valence-electron chi connectivity index (χ4n) is 4.87. The highest BCUT2D eigenvalue weighted by molar-refractivity contribution is 9.11. The van der Waals surface area contributed by atoms with Crippen LogP contribution in [-0.2, 0) is 26.4 Å². The second-order valence-electron chi connectivity index (χ2n) is 9.23. The van der Waals surface area contributed by atoms with Crippen LogP contribution in [0.3, 0.4) is 0 Å². The van der Waals surface area contributed by atoms with Gasteiger partial charge >= 0.3 is 11.7 Å². The van der Waals surface area contributed by atoms with Crippen LogP contribution in [0.15, 0.2) is 37.6 Å². The minimum atomic E-state index is -1.51. The molecule has 1 saturated carbocycles. The molecule has 1 aliphatic heterocycles. The molecule has 5 rings (SSSR count). The zero-order valence-corrected chi connectivity index (χ0v) is 22.4. The Hall–Kier alpha value is -2.47. The number of fused-ring (bicyclic) bond motifs is 1. The molecular weight excluding hydrogens is 552 g/mol. The Morgan fingerprint density at radius 2 is 1.97 bits per heavy atom. The maximum Gasteiger partial charge on any atom is 0.333 e. The topological polar surface area (TPSA) is 109 Å². The van der Waals surface area contributed by atoms with Crippen LogP contribution in [0.25, 0.3) is 10.2 Å². The summed E-state index contributed by atoms with van der Waals surface area (Å²) in [6, 6.07) is 7.48. The molecule has 11 heteroatoms. The van der Waals surface area contributed by atoms with Crippen LogP contribution in [0.2, 0.25) is 0 Å². The number of rotatable bonds is 8. The van der Waals surface area contributed by atoms with E-state index in [9.17, 15) is 19.5 Å². The van der Waals surface area contributed by atoms with Gasteiger partial charge in [-0.15, -0.1) is 11.3 Å². The first-order chi connectivity index (χ1) is 17.3. The zero-order chi connectivity index (χ0) is 25.6. The Kier molecular flexibility index (Phi) is 6.84. The normalized spacial score (nSPS) is 18.3. The van der Waals surface area contributed by atoms with Gasteiger partial charge in [-0.3, -0.25) is 9.36 Å². The Balaban J connectivity index is 1.69. The molecule has 0 amide bonds. The first kappa shape index (κ1) is 25.2. The lowest BCUT2D eigenvalue weighted by atomic mass is 10.1. The van der Waals surface area contributed by atoms with Crippen LogP contribution < -0.4 is 16.0 Å². The summed E-state index contributed by atoms with van der Waals surface area (Å²) < 4.78 is 20.8. The highest BCUT2D eigenvalue weighted by Gasteiger charge is 2.55. The SMILES string of the molecule is COc1ccccc1C(Cn1c(=O)n(C2(C(=O)O)CC2)c(=O)c2c(C)c(Br)sc21)OC1CCOCC1. The summed E-state index contributed by atoms with van der Waals surface area (Å²) >= 11 is 4.80.